The summed E-state index contributed by atoms with van der Waals surface area (Å²) in [6.45, 7) is 2.27. The number of imide groups is 1. The fourth-order valence-electron chi connectivity index (χ4n) is 1.79. The molecule has 5 nitrogen and oxygen atoms in total. The van der Waals surface area contributed by atoms with E-state index in [1.807, 2.05) is 6.92 Å². The SMILES string of the molecule is CCCN1C(=O)N/C(=C/c2cc(Br)ccc2O)C1=O. The zero-order valence-electron chi connectivity index (χ0n) is 10.3. The van der Waals surface area contributed by atoms with E-state index in [4.69, 9.17) is 0 Å². The van der Waals surface area contributed by atoms with E-state index < -0.39 is 6.03 Å². The summed E-state index contributed by atoms with van der Waals surface area (Å²) in [5.41, 5.74) is 0.642. The maximum atomic E-state index is 12.0. The van der Waals surface area contributed by atoms with Crippen molar-refractivity contribution in [2.45, 2.75) is 13.3 Å². The lowest BCUT2D eigenvalue weighted by molar-refractivity contribution is -0.122. The van der Waals surface area contributed by atoms with E-state index in [1.165, 1.54) is 12.1 Å². The molecule has 2 N–H and O–H groups in total. The third kappa shape index (κ3) is 2.78. The lowest BCUT2D eigenvalue weighted by Gasteiger charge is -2.08. The molecule has 2 rings (SSSR count). The third-order valence-electron chi connectivity index (χ3n) is 2.70. The first-order valence-corrected chi connectivity index (χ1v) is 6.65. The van der Waals surface area contributed by atoms with Gasteiger partial charge in [-0.3, -0.25) is 9.69 Å². The number of urea groups is 1. The number of carbonyl (C=O) groups is 2. The van der Waals surface area contributed by atoms with Gasteiger partial charge < -0.3 is 10.4 Å². The van der Waals surface area contributed by atoms with E-state index in [2.05, 4.69) is 21.2 Å². The molecular weight excluding hydrogens is 312 g/mol. The summed E-state index contributed by atoms with van der Waals surface area (Å²) >= 11 is 3.29. The van der Waals surface area contributed by atoms with Crippen molar-refractivity contribution in [2.75, 3.05) is 6.54 Å². The van der Waals surface area contributed by atoms with Crippen LogP contribution in [0.1, 0.15) is 18.9 Å². The standard InChI is InChI=1S/C13H13BrN2O3/c1-2-5-16-12(18)10(15-13(16)19)7-8-6-9(14)3-4-11(8)17/h3-4,6-7,17H,2,5H2,1H3,(H,15,19)/b10-7+. The Bertz CT molecular complexity index is 569. The molecule has 3 amide bonds. The van der Waals surface area contributed by atoms with Crippen LogP contribution in [0.2, 0.25) is 0 Å². The van der Waals surface area contributed by atoms with Crippen LogP contribution in [0.3, 0.4) is 0 Å². The number of hydrogen-bond acceptors (Lipinski definition) is 3. The van der Waals surface area contributed by atoms with Crippen molar-refractivity contribution >= 4 is 33.9 Å². The van der Waals surface area contributed by atoms with Crippen LogP contribution >= 0.6 is 15.9 Å². The van der Waals surface area contributed by atoms with Crippen LogP contribution in [-0.2, 0) is 4.79 Å². The second-order valence-electron chi connectivity index (χ2n) is 4.15. The molecule has 1 aliphatic rings. The smallest absolute Gasteiger partial charge is 0.329 e. The van der Waals surface area contributed by atoms with Crippen LogP contribution in [0, 0.1) is 0 Å². The summed E-state index contributed by atoms with van der Waals surface area (Å²) < 4.78 is 0.777. The Labute approximate surface area is 119 Å². The van der Waals surface area contributed by atoms with E-state index >= 15 is 0 Å². The number of carbonyl (C=O) groups excluding carboxylic acids is 2. The summed E-state index contributed by atoms with van der Waals surface area (Å²) in [7, 11) is 0. The number of benzene rings is 1. The topological polar surface area (TPSA) is 69.6 Å². The highest BCUT2D eigenvalue weighted by Gasteiger charge is 2.32. The average Bonchev–Trinajstić information content (AvgIpc) is 2.62. The van der Waals surface area contributed by atoms with Gasteiger partial charge in [0, 0.05) is 16.6 Å². The molecular formula is C13H13BrN2O3. The molecule has 1 heterocycles. The first-order chi connectivity index (χ1) is 9.02. The number of amides is 3. The predicted molar refractivity (Wildman–Crippen MR) is 74.3 cm³/mol. The Hall–Kier alpha value is -1.82. The Morgan fingerprint density at radius 1 is 1.42 bits per heavy atom. The molecule has 19 heavy (non-hydrogen) atoms. The highest BCUT2D eigenvalue weighted by molar-refractivity contribution is 9.10. The first-order valence-electron chi connectivity index (χ1n) is 5.86. The minimum absolute atomic E-state index is 0.0479. The number of rotatable bonds is 3. The van der Waals surface area contributed by atoms with Crippen LogP contribution in [0.25, 0.3) is 6.08 Å². The Balaban J connectivity index is 2.32. The number of aromatic hydroxyl groups is 1. The third-order valence-corrected chi connectivity index (χ3v) is 3.19. The molecule has 0 aromatic heterocycles. The molecule has 1 fully saturated rings. The molecule has 1 aromatic rings. The number of phenolic OH excluding ortho intramolecular Hbond substituents is 1. The largest absolute Gasteiger partial charge is 0.507 e. The minimum Gasteiger partial charge on any atom is -0.507 e. The Morgan fingerprint density at radius 3 is 2.84 bits per heavy atom. The number of nitrogens with one attached hydrogen (secondary N) is 1. The quantitative estimate of drug-likeness (QED) is 0.662. The molecule has 0 aliphatic carbocycles. The van der Waals surface area contributed by atoms with Crippen LogP contribution in [0.4, 0.5) is 4.79 Å². The summed E-state index contributed by atoms with van der Waals surface area (Å²) in [4.78, 5) is 24.7. The Kier molecular flexibility index (Phi) is 3.90. The monoisotopic (exact) mass is 324 g/mol. The highest BCUT2D eigenvalue weighted by atomic mass is 79.9. The van der Waals surface area contributed by atoms with Gasteiger partial charge in [0.25, 0.3) is 5.91 Å². The van der Waals surface area contributed by atoms with Gasteiger partial charge in [0.15, 0.2) is 0 Å². The molecule has 0 radical (unpaired) electrons. The number of nitrogens with zero attached hydrogens (tertiary/aromatic N) is 1. The van der Waals surface area contributed by atoms with E-state index in [0.29, 0.717) is 18.5 Å². The molecule has 0 bridgehead atoms. The molecule has 1 aliphatic heterocycles. The van der Waals surface area contributed by atoms with Gasteiger partial charge in [-0.2, -0.15) is 0 Å². The maximum Gasteiger partial charge on any atom is 0.329 e. The maximum absolute atomic E-state index is 12.0. The zero-order valence-corrected chi connectivity index (χ0v) is 11.9. The van der Waals surface area contributed by atoms with Crippen molar-refractivity contribution in [3.8, 4) is 5.75 Å². The van der Waals surface area contributed by atoms with Crippen molar-refractivity contribution in [1.29, 1.82) is 0 Å². The Morgan fingerprint density at radius 2 is 2.16 bits per heavy atom. The zero-order chi connectivity index (χ0) is 14.0. The molecule has 100 valence electrons. The van der Waals surface area contributed by atoms with E-state index in [-0.39, 0.29) is 17.4 Å². The number of phenols is 1. The van der Waals surface area contributed by atoms with Crippen molar-refractivity contribution in [3.63, 3.8) is 0 Å². The fourth-order valence-corrected chi connectivity index (χ4v) is 2.17. The number of halogens is 1. The van der Waals surface area contributed by atoms with Crippen molar-refractivity contribution in [1.82, 2.24) is 10.2 Å². The summed E-state index contributed by atoms with van der Waals surface area (Å²) in [5, 5.41) is 12.2. The van der Waals surface area contributed by atoms with E-state index in [1.54, 1.807) is 12.1 Å². The first kappa shape index (κ1) is 13.6. The van der Waals surface area contributed by atoms with Gasteiger partial charge in [-0.25, -0.2) is 4.79 Å². The lowest BCUT2D eigenvalue weighted by atomic mass is 10.1. The molecule has 0 unspecified atom stereocenters. The highest BCUT2D eigenvalue weighted by Crippen LogP contribution is 2.25. The second-order valence-corrected chi connectivity index (χ2v) is 5.06. The number of hydrogen-bond donors (Lipinski definition) is 2. The van der Waals surface area contributed by atoms with Gasteiger partial charge in [-0.15, -0.1) is 0 Å². The van der Waals surface area contributed by atoms with Gasteiger partial charge in [-0.1, -0.05) is 22.9 Å². The van der Waals surface area contributed by atoms with Gasteiger partial charge >= 0.3 is 6.03 Å². The average molecular weight is 325 g/mol. The van der Waals surface area contributed by atoms with E-state index in [9.17, 15) is 14.7 Å². The fraction of sp³-hybridized carbons (Fsp3) is 0.231. The predicted octanol–water partition coefficient (Wildman–Crippen LogP) is 2.46. The van der Waals surface area contributed by atoms with Crippen LogP contribution in [0.5, 0.6) is 5.75 Å². The molecule has 0 atom stereocenters. The van der Waals surface area contributed by atoms with Crippen molar-refractivity contribution in [2.24, 2.45) is 0 Å². The van der Waals surface area contributed by atoms with Crippen molar-refractivity contribution in [3.05, 3.63) is 33.9 Å². The second kappa shape index (κ2) is 5.44. The molecule has 1 saturated heterocycles. The molecule has 1 aromatic carbocycles. The summed E-state index contributed by atoms with van der Waals surface area (Å²) in [6.07, 6.45) is 2.17. The van der Waals surface area contributed by atoms with Gasteiger partial charge in [0.05, 0.1) is 0 Å². The van der Waals surface area contributed by atoms with Gasteiger partial charge in [0.2, 0.25) is 0 Å². The van der Waals surface area contributed by atoms with Crippen LogP contribution in [0.15, 0.2) is 28.4 Å². The van der Waals surface area contributed by atoms with E-state index in [0.717, 1.165) is 9.37 Å². The summed E-state index contributed by atoms with van der Waals surface area (Å²) in [5.74, 6) is -0.321. The van der Waals surface area contributed by atoms with Crippen molar-refractivity contribution < 1.29 is 14.7 Å². The minimum atomic E-state index is -0.424. The van der Waals surface area contributed by atoms with Gasteiger partial charge in [-0.05, 0) is 30.7 Å². The normalized spacial score (nSPS) is 17.2. The van der Waals surface area contributed by atoms with Crippen LogP contribution < -0.4 is 5.32 Å². The van der Waals surface area contributed by atoms with Crippen LogP contribution in [-0.4, -0.2) is 28.5 Å². The molecule has 0 spiro atoms. The molecule has 6 heteroatoms. The molecule has 0 saturated carbocycles. The lowest BCUT2D eigenvalue weighted by Crippen LogP contribution is -2.31. The van der Waals surface area contributed by atoms with Gasteiger partial charge in [0.1, 0.15) is 11.4 Å². The summed E-state index contributed by atoms with van der Waals surface area (Å²) in [6, 6.07) is 4.45.